The van der Waals surface area contributed by atoms with Crippen LogP contribution in [0.3, 0.4) is 0 Å². The van der Waals surface area contributed by atoms with Gasteiger partial charge >= 0.3 is 0 Å². The lowest BCUT2D eigenvalue weighted by atomic mass is 9.91. The van der Waals surface area contributed by atoms with E-state index in [4.69, 9.17) is 0 Å². The van der Waals surface area contributed by atoms with E-state index in [2.05, 4.69) is 5.32 Å². The van der Waals surface area contributed by atoms with Gasteiger partial charge in [0, 0.05) is 11.1 Å². The molecule has 1 saturated heterocycles. The van der Waals surface area contributed by atoms with Crippen molar-refractivity contribution in [3.8, 4) is 0 Å². The largest absolute Gasteiger partial charge is 0.345 e. The number of amides is 1. The number of rotatable bonds is 2. The van der Waals surface area contributed by atoms with E-state index >= 15 is 0 Å². The van der Waals surface area contributed by atoms with Crippen LogP contribution in [0.2, 0.25) is 0 Å². The van der Waals surface area contributed by atoms with Crippen molar-refractivity contribution in [2.24, 2.45) is 0 Å². The summed E-state index contributed by atoms with van der Waals surface area (Å²) < 4.78 is 13.6. The summed E-state index contributed by atoms with van der Waals surface area (Å²) in [6, 6.07) is 0.0281. The molecule has 0 bridgehead atoms. The van der Waals surface area contributed by atoms with Crippen molar-refractivity contribution < 1.29 is 14.0 Å². The van der Waals surface area contributed by atoms with Gasteiger partial charge in [0.25, 0.3) is 5.91 Å². The molecule has 1 aliphatic heterocycles. The maximum Gasteiger partial charge on any atom is 0.252 e. The summed E-state index contributed by atoms with van der Waals surface area (Å²) in [7, 11) is 0. The van der Waals surface area contributed by atoms with Gasteiger partial charge in [-0.15, -0.1) is 0 Å². The molecule has 1 heterocycles. The smallest absolute Gasteiger partial charge is 0.252 e. The van der Waals surface area contributed by atoms with Crippen molar-refractivity contribution in [1.82, 2.24) is 5.32 Å². The predicted octanol–water partition coefficient (Wildman–Crippen LogP) is 2.66. The highest BCUT2D eigenvalue weighted by Crippen LogP contribution is 2.31. The zero-order valence-electron chi connectivity index (χ0n) is 11.1. The van der Waals surface area contributed by atoms with Crippen LogP contribution < -0.4 is 5.32 Å². The number of ketones is 1. The molecule has 1 amide bonds. The number of hydrogen-bond acceptors (Lipinski definition) is 2. The Labute approximate surface area is 116 Å². The monoisotopic (exact) mass is 273 g/mol. The first-order valence-corrected chi connectivity index (χ1v) is 6.99. The number of carbonyl (C=O) groups excluding carboxylic acids is 2. The van der Waals surface area contributed by atoms with Crippen molar-refractivity contribution >= 4 is 11.7 Å². The molecular formula is C16H16FNO2. The molecule has 3 nitrogen and oxygen atoms in total. The first-order valence-electron chi connectivity index (χ1n) is 6.99. The number of fused-ring (bicyclic) bond motifs is 1. The van der Waals surface area contributed by atoms with Crippen molar-refractivity contribution in [3.05, 3.63) is 46.9 Å². The third kappa shape index (κ3) is 2.26. The quantitative estimate of drug-likeness (QED) is 0.786. The van der Waals surface area contributed by atoms with E-state index in [1.54, 1.807) is 6.08 Å². The minimum Gasteiger partial charge on any atom is -0.345 e. The molecule has 1 unspecified atom stereocenters. The van der Waals surface area contributed by atoms with Crippen LogP contribution >= 0.6 is 0 Å². The van der Waals surface area contributed by atoms with Crippen LogP contribution in [-0.2, 0) is 9.59 Å². The van der Waals surface area contributed by atoms with Gasteiger partial charge < -0.3 is 5.32 Å². The molecule has 1 N–H and O–H groups in total. The highest BCUT2D eigenvalue weighted by atomic mass is 19.1. The lowest BCUT2D eigenvalue weighted by Crippen LogP contribution is -2.26. The van der Waals surface area contributed by atoms with E-state index in [1.807, 2.05) is 6.08 Å². The summed E-state index contributed by atoms with van der Waals surface area (Å²) in [5.41, 5.74) is 1.49. The summed E-state index contributed by atoms with van der Waals surface area (Å²) in [5, 5.41) is 2.87. The second-order valence-corrected chi connectivity index (χ2v) is 5.31. The van der Waals surface area contributed by atoms with E-state index in [1.165, 1.54) is 12.2 Å². The molecule has 1 atom stereocenters. The van der Waals surface area contributed by atoms with E-state index < -0.39 is 5.83 Å². The highest BCUT2D eigenvalue weighted by molar-refractivity contribution is 6.13. The molecule has 3 rings (SSSR count). The van der Waals surface area contributed by atoms with Gasteiger partial charge in [-0.25, -0.2) is 4.39 Å². The van der Waals surface area contributed by atoms with Gasteiger partial charge in [0.05, 0.1) is 6.04 Å². The van der Waals surface area contributed by atoms with Crippen LogP contribution in [0.25, 0.3) is 0 Å². The minimum atomic E-state index is -0.481. The van der Waals surface area contributed by atoms with Crippen molar-refractivity contribution in [2.75, 3.05) is 0 Å². The Morgan fingerprint density at radius 1 is 1.40 bits per heavy atom. The molecule has 0 aromatic heterocycles. The van der Waals surface area contributed by atoms with Gasteiger partial charge in [-0.1, -0.05) is 12.2 Å². The fraction of sp³-hybridized carbons (Fsp3) is 0.375. The van der Waals surface area contributed by atoms with Crippen molar-refractivity contribution in [3.63, 3.8) is 0 Å². The first-order chi connectivity index (χ1) is 9.66. The molecular weight excluding hydrogens is 257 g/mol. The first kappa shape index (κ1) is 13.0. The highest BCUT2D eigenvalue weighted by Gasteiger charge is 2.33. The average Bonchev–Trinajstić information content (AvgIpc) is 2.76. The van der Waals surface area contributed by atoms with E-state index in [0.717, 1.165) is 24.8 Å². The Morgan fingerprint density at radius 2 is 2.25 bits per heavy atom. The van der Waals surface area contributed by atoms with Crippen molar-refractivity contribution in [2.45, 2.75) is 38.1 Å². The van der Waals surface area contributed by atoms with Gasteiger partial charge in [0.2, 0.25) is 0 Å². The number of halogens is 1. The molecule has 0 spiro atoms. The third-order valence-corrected chi connectivity index (χ3v) is 3.98. The van der Waals surface area contributed by atoms with Crippen LogP contribution in [0.5, 0.6) is 0 Å². The lowest BCUT2D eigenvalue weighted by Gasteiger charge is -2.16. The zero-order valence-corrected chi connectivity index (χ0v) is 11.1. The summed E-state index contributed by atoms with van der Waals surface area (Å²) in [4.78, 5) is 24.1. The normalized spacial score (nSPS) is 27.4. The van der Waals surface area contributed by atoms with Crippen LogP contribution in [0.15, 0.2) is 46.9 Å². The summed E-state index contributed by atoms with van der Waals surface area (Å²) in [5.74, 6) is -1.08. The summed E-state index contributed by atoms with van der Waals surface area (Å²) in [6.45, 7) is 0. The SMILES string of the molecule is O=C(/C=C1/C(=O)NC2CCCC=C12)C1=C(F)C=CCC1. The molecule has 0 aromatic rings. The predicted molar refractivity (Wildman–Crippen MR) is 73.5 cm³/mol. The van der Waals surface area contributed by atoms with E-state index in [9.17, 15) is 14.0 Å². The Bertz CT molecular complexity index is 596. The fourth-order valence-electron chi connectivity index (χ4n) is 2.93. The van der Waals surface area contributed by atoms with Gasteiger partial charge in [0.15, 0.2) is 5.78 Å². The minimum absolute atomic E-state index is 0.0281. The van der Waals surface area contributed by atoms with Crippen molar-refractivity contribution in [1.29, 1.82) is 0 Å². The van der Waals surface area contributed by atoms with Gasteiger partial charge in [-0.05, 0) is 49.8 Å². The molecule has 1 fully saturated rings. The Kier molecular flexibility index (Phi) is 3.38. The molecule has 104 valence electrons. The summed E-state index contributed by atoms with van der Waals surface area (Å²) in [6.07, 6.45) is 10.3. The second kappa shape index (κ2) is 5.19. The number of allylic oxidation sites excluding steroid dienone is 6. The third-order valence-electron chi connectivity index (χ3n) is 3.98. The maximum absolute atomic E-state index is 13.6. The summed E-state index contributed by atoms with van der Waals surface area (Å²) >= 11 is 0. The number of nitrogens with one attached hydrogen (secondary N) is 1. The molecule has 4 heteroatoms. The van der Waals surface area contributed by atoms with E-state index in [-0.39, 0.29) is 23.3 Å². The number of carbonyl (C=O) groups is 2. The second-order valence-electron chi connectivity index (χ2n) is 5.31. The maximum atomic E-state index is 13.6. The fourth-order valence-corrected chi connectivity index (χ4v) is 2.93. The van der Waals surface area contributed by atoms with Crippen LogP contribution in [0.4, 0.5) is 4.39 Å². The Hall–Kier alpha value is -1.97. The lowest BCUT2D eigenvalue weighted by molar-refractivity contribution is -0.117. The van der Waals surface area contributed by atoms with Crippen LogP contribution in [0, 0.1) is 0 Å². The van der Waals surface area contributed by atoms with Crippen LogP contribution in [-0.4, -0.2) is 17.7 Å². The molecule has 0 saturated carbocycles. The standard InChI is InChI=1S/C16H16FNO2/c17-13-7-3-1-6-11(13)15(19)9-12-10-5-2-4-8-14(10)18-16(12)20/h3,5,7,9,14H,1-2,4,6,8H2,(H,18,20)/b12-9+. The Balaban J connectivity index is 1.91. The number of hydrogen-bond donors (Lipinski definition) is 1. The molecule has 3 aliphatic rings. The molecule has 0 radical (unpaired) electrons. The Morgan fingerprint density at radius 3 is 3.05 bits per heavy atom. The van der Waals surface area contributed by atoms with E-state index in [0.29, 0.717) is 18.4 Å². The molecule has 20 heavy (non-hydrogen) atoms. The molecule has 2 aliphatic carbocycles. The van der Waals surface area contributed by atoms with Gasteiger partial charge in [0.1, 0.15) is 5.83 Å². The van der Waals surface area contributed by atoms with Gasteiger partial charge in [-0.2, -0.15) is 0 Å². The van der Waals surface area contributed by atoms with Gasteiger partial charge in [-0.3, -0.25) is 9.59 Å². The molecule has 0 aromatic carbocycles. The zero-order chi connectivity index (χ0) is 14.1. The average molecular weight is 273 g/mol. The topological polar surface area (TPSA) is 46.2 Å². The van der Waals surface area contributed by atoms with Crippen LogP contribution in [0.1, 0.15) is 32.1 Å².